The van der Waals surface area contributed by atoms with Crippen LogP contribution in [0.25, 0.3) is 0 Å². The van der Waals surface area contributed by atoms with Gasteiger partial charge in [0.25, 0.3) is 0 Å². The Labute approximate surface area is 232 Å². The van der Waals surface area contributed by atoms with Crippen molar-refractivity contribution >= 4 is 29.7 Å². The number of carbonyl (C=O) groups is 2. The van der Waals surface area contributed by atoms with E-state index in [4.69, 9.17) is 9.47 Å². The lowest BCUT2D eigenvalue weighted by atomic mass is 10.0. The van der Waals surface area contributed by atoms with Gasteiger partial charge in [-0.3, -0.25) is 15.5 Å². The second-order valence-corrected chi connectivity index (χ2v) is 10.3. The number of nitrogens with zero attached hydrogens (tertiary/aromatic N) is 7. The van der Waals surface area contributed by atoms with Crippen LogP contribution in [0.1, 0.15) is 33.1 Å². The van der Waals surface area contributed by atoms with E-state index in [9.17, 15) is 14.0 Å². The number of likely N-dealkylation sites (N-methyl/N-ethyl adjacent to an activating group) is 2. The fourth-order valence-corrected chi connectivity index (χ4v) is 5.81. The fourth-order valence-electron chi connectivity index (χ4n) is 5.81. The SMILES string of the molecule is CCOc1cnc(NC(=O)N(C)[C@H]2CN(c3nccc(NC(=O)O[C@@H]4C[C@H]5C[C@@H]4N(CC)C5)n3)CC[C@H]2F)cn1. The predicted molar refractivity (Wildman–Crippen MR) is 145 cm³/mol. The van der Waals surface area contributed by atoms with Crippen LogP contribution < -0.4 is 20.3 Å². The van der Waals surface area contributed by atoms with Gasteiger partial charge in [-0.05, 0) is 44.7 Å². The van der Waals surface area contributed by atoms with Crippen LogP contribution in [-0.4, -0.2) is 106 Å². The summed E-state index contributed by atoms with van der Waals surface area (Å²) >= 11 is 0. The van der Waals surface area contributed by atoms with Crippen molar-refractivity contribution in [1.29, 1.82) is 0 Å². The van der Waals surface area contributed by atoms with Crippen molar-refractivity contribution in [2.75, 3.05) is 55.4 Å². The van der Waals surface area contributed by atoms with Gasteiger partial charge in [0, 0.05) is 38.9 Å². The Kier molecular flexibility index (Phi) is 8.43. The number of fused-ring (bicyclic) bond motifs is 2. The lowest BCUT2D eigenvalue weighted by Crippen LogP contribution is -2.55. The van der Waals surface area contributed by atoms with Crippen LogP contribution in [0.3, 0.4) is 0 Å². The zero-order valence-corrected chi connectivity index (χ0v) is 23.0. The van der Waals surface area contributed by atoms with E-state index in [2.05, 4.69) is 42.4 Å². The first-order valence-corrected chi connectivity index (χ1v) is 13.8. The van der Waals surface area contributed by atoms with Crippen molar-refractivity contribution in [2.45, 2.75) is 57.5 Å². The van der Waals surface area contributed by atoms with E-state index < -0.39 is 24.3 Å². The average Bonchev–Trinajstić information content (AvgIpc) is 3.54. The van der Waals surface area contributed by atoms with Crippen LogP contribution in [0.15, 0.2) is 24.7 Å². The fraction of sp³-hybridized carbons (Fsp3) is 0.615. The summed E-state index contributed by atoms with van der Waals surface area (Å²) in [5, 5.41) is 5.35. The smallest absolute Gasteiger partial charge is 0.413 e. The average molecular weight is 558 g/mol. The summed E-state index contributed by atoms with van der Waals surface area (Å²) in [5.74, 6) is 1.78. The molecule has 0 spiro atoms. The molecular formula is C26H36FN9O4. The summed E-state index contributed by atoms with van der Waals surface area (Å²) in [6.45, 7) is 6.96. The van der Waals surface area contributed by atoms with Crippen LogP contribution in [-0.2, 0) is 4.74 Å². The second-order valence-electron chi connectivity index (χ2n) is 10.3. The number of halogens is 1. The molecule has 2 aromatic heterocycles. The summed E-state index contributed by atoms with van der Waals surface area (Å²) in [7, 11) is 1.53. The number of anilines is 3. The van der Waals surface area contributed by atoms with Gasteiger partial charge in [0.2, 0.25) is 11.8 Å². The predicted octanol–water partition coefficient (Wildman–Crippen LogP) is 2.78. The Morgan fingerprint density at radius 1 is 1.12 bits per heavy atom. The van der Waals surface area contributed by atoms with Crippen LogP contribution in [0, 0.1) is 5.92 Å². The van der Waals surface area contributed by atoms with E-state index in [1.807, 2.05) is 6.92 Å². The third kappa shape index (κ3) is 6.16. The Balaban J connectivity index is 1.17. The highest BCUT2D eigenvalue weighted by Gasteiger charge is 2.46. The highest BCUT2D eigenvalue weighted by atomic mass is 19.1. The number of rotatable bonds is 8. The van der Waals surface area contributed by atoms with Crippen molar-refractivity contribution < 1.29 is 23.5 Å². The minimum atomic E-state index is -1.24. The summed E-state index contributed by atoms with van der Waals surface area (Å²) in [6, 6.07) is 0.584. The molecule has 2 aliphatic heterocycles. The van der Waals surface area contributed by atoms with Gasteiger partial charge in [-0.15, -0.1) is 0 Å². The summed E-state index contributed by atoms with van der Waals surface area (Å²) < 4.78 is 26.0. The molecule has 4 heterocycles. The van der Waals surface area contributed by atoms with Crippen molar-refractivity contribution in [1.82, 2.24) is 29.7 Å². The number of alkyl halides is 1. The number of urea groups is 1. The number of amides is 3. The molecule has 5 rings (SSSR count). The molecule has 216 valence electrons. The molecule has 2 saturated heterocycles. The van der Waals surface area contributed by atoms with Gasteiger partial charge in [0.05, 0.1) is 25.0 Å². The monoisotopic (exact) mass is 557 g/mol. The Bertz CT molecular complexity index is 1190. The molecule has 3 fully saturated rings. The van der Waals surface area contributed by atoms with E-state index >= 15 is 0 Å². The lowest BCUT2D eigenvalue weighted by molar-refractivity contribution is 0.0412. The van der Waals surface area contributed by atoms with E-state index in [-0.39, 0.29) is 30.9 Å². The minimum absolute atomic E-state index is 0.125. The molecule has 40 heavy (non-hydrogen) atoms. The maximum Gasteiger partial charge on any atom is 0.413 e. The maximum absolute atomic E-state index is 15.0. The summed E-state index contributed by atoms with van der Waals surface area (Å²) in [5.41, 5.74) is 0. The van der Waals surface area contributed by atoms with Crippen LogP contribution in [0.2, 0.25) is 0 Å². The summed E-state index contributed by atoms with van der Waals surface area (Å²) in [6.07, 6.45) is 4.55. The van der Waals surface area contributed by atoms with Gasteiger partial charge in [-0.1, -0.05) is 6.92 Å². The zero-order valence-electron chi connectivity index (χ0n) is 23.0. The molecule has 5 atom stereocenters. The number of likely N-dealkylation sites (tertiary alicyclic amines) is 1. The molecule has 0 aromatic carbocycles. The highest BCUT2D eigenvalue weighted by molar-refractivity contribution is 5.88. The Morgan fingerprint density at radius 3 is 2.70 bits per heavy atom. The van der Waals surface area contributed by atoms with Gasteiger partial charge in [0.15, 0.2) is 5.82 Å². The standard InChI is InChI=1S/C26H36FN9O4/c1-4-35-14-16-10-18(35)20(11-16)40-26(38)33-21-6-8-28-24(31-21)36-9-7-17(27)19(15-36)34(3)25(37)32-22-12-30-23(13-29-22)39-5-2/h6,8,12-13,16-20H,4-5,7,9-11,14-15H2,1-3H3,(H,29,32,37)(H,28,31,33,38)/t16-,17-,18+,19+,20-/m1/s1. The van der Waals surface area contributed by atoms with Crippen molar-refractivity contribution in [2.24, 2.45) is 5.92 Å². The van der Waals surface area contributed by atoms with Crippen LogP contribution in [0.5, 0.6) is 5.88 Å². The Hall–Kier alpha value is -3.81. The molecule has 2 N–H and O–H groups in total. The zero-order chi connectivity index (χ0) is 28.2. The van der Waals surface area contributed by atoms with E-state index in [1.165, 1.54) is 30.5 Å². The largest absolute Gasteiger partial charge is 0.477 e. The van der Waals surface area contributed by atoms with Gasteiger partial charge in [-0.2, -0.15) is 4.98 Å². The van der Waals surface area contributed by atoms with E-state index in [0.717, 1.165) is 25.9 Å². The second kappa shape index (κ2) is 12.1. The molecule has 1 aliphatic carbocycles. The lowest BCUT2D eigenvalue weighted by Gasteiger charge is -2.39. The number of piperidine rings is 2. The molecule has 3 aliphatic rings. The first-order valence-electron chi connectivity index (χ1n) is 13.8. The molecule has 2 bridgehead atoms. The van der Waals surface area contributed by atoms with E-state index in [1.54, 1.807) is 11.0 Å². The number of hydrogen-bond acceptors (Lipinski definition) is 10. The van der Waals surface area contributed by atoms with Gasteiger partial charge in [-0.25, -0.2) is 28.9 Å². The molecule has 3 amide bonds. The molecular weight excluding hydrogens is 521 g/mol. The van der Waals surface area contributed by atoms with Gasteiger partial charge >= 0.3 is 12.1 Å². The number of aromatic nitrogens is 4. The third-order valence-electron chi connectivity index (χ3n) is 7.82. The van der Waals surface area contributed by atoms with Crippen LogP contribution in [0.4, 0.5) is 31.6 Å². The third-order valence-corrected chi connectivity index (χ3v) is 7.82. The maximum atomic E-state index is 15.0. The molecule has 0 radical (unpaired) electrons. The van der Waals surface area contributed by atoms with Crippen LogP contribution >= 0.6 is 0 Å². The minimum Gasteiger partial charge on any atom is -0.477 e. The molecule has 1 saturated carbocycles. The first kappa shape index (κ1) is 27.7. The molecule has 14 heteroatoms. The van der Waals surface area contributed by atoms with Gasteiger partial charge in [0.1, 0.15) is 18.1 Å². The number of hydrogen-bond donors (Lipinski definition) is 2. The Morgan fingerprint density at radius 2 is 1.98 bits per heavy atom. The molecule has 2 aromatic rings. The number of carbonyl (C=O) groups excluding carboxylic acids is 2. The highest BCUT2D eigenvalue weighted by Crippen LogP contribution is 2.39. The van der Waals surface area contributed by atoms with Gasteiger partial charge < -0.3 is 19.3 Å². The van der Waals surface area contributed by atoms with Crippen molar-refractivity contribution in [3.8, 4) is 5.88 Å². The van der Waals surface area contributed by atoms with Crippen molar-refractivity contribution in [3.05, 3.63) is 24.7 Å². The summed E-state index contributed by atoms with van der Waals surface area (Å²) in [4.78, 5) is 47.9. The number of nitrogens with one attached hydrogen (secondary N) is 2. The normalized spacial score (nSPS) is 25.9. The first-order chi connectivity index (χ1) is 19.3. The van der Waals surface area contributed by atoms with Crippen molar-refractivity contribution in [3.63, 3.8) is 0 Å². The number of ether oxygens (including phenoxy) is 2. The molecule has 13 nitrogen and oxygen atoms in total. The molecule has 0 unspecified atom stereocenters. The van der Waals surface area contributed by atoms with E-state index in [0.29, 0.717) is 36.7 Å². The topological polar surface area (TPSA) is 138 Å². The quantitative estimate of drug-likeness (QED) is 0.498.